The molecule has 0 spiro atoms. The summed E-state index contributed by atoms with van der Waals surface area (Å²) in [5, 5.41) is 0. The molecule has 17 heavy (non-hydrogen) atoms. The molecule has 2 aromatic carbocycles. The van der Waals surface area contributed by atoms with Gasteiger partial charge in [0, 0.05) is 32.7 Å². The van der Waals surface area contributed by atoms with Gasteiger partial charge in [-0.1, -0.05) is 26.7 Å². The summed E-state index contributed by atoms with van der Waals surface area (Å²) in [6.45, 7) is 4.37. The summed E-state index contributed by atoms with van der Waals surface area (Å²) < 4.78 is 0. The first-order valence-corrected chi connectivity index (χ1v) is 5.77. The Morgan fingerprint density at radius 1 is 0.824 bits per heavy atom. The molecule has 2 rings (SSSR count). The molecule has 0 amide bonds. The minimum absolute atomic E-state index is 0. The first-order chi connectivity index (χ1) is 7.88. The quantitative estimate of drug-likeness (QED) is 0.733. The fourth-order valence-corrected chi connectivity index (χ4v) is 1.51. The van der Waals surface area contributed by atoms with Crippen LogP contribution in [-0.2, 0) is 45.6 Å². The third-order valence-corrected chi connectivity index (χ3v) is 2.42. The Morgan fingerprint density at radius 2 is 1.47 bits per heavy atom. The summed E-state index contributed by atoms with van der Waals surface area (Å²) in [4.78, 5) is 0. The SMILES string of the molecule is CCc1c[c-]ccc1CC.[Y].[c-]1ccccc1. The second-order valence-electron chi connectivity index (χ2n) is 3.48. The van der Waals surface area contributed by atoms with Crippen LogP contribution in [0.15, 0.2) is 48.5 Å². The number of rotatable bonds is 2. The van der Waals surface area contributed by atoms with Crippen LogP contribution >= 0.6 is 0 Å². The van der Waals surface area contributed by atoms with Gasteiger partial charge < -0.3 is 0 Å². The van der Waals surface area contributed by atoms with Crippen molar-refractivity contribution in [3.05, 3.63) is 71.8 Å². The molecule has 0 bridgehead atoms. The molecule has 0 nitrogen and oxygen atoms in total. The van der Waals surface area contributed by atoms with E-state index in [2.05, 4.69) is 38.1 Å². The first kappa shape index (κ1) is 16.5. The monoisotopic (exact) mass is 299 g/mol. The standard InChI is InChI=1S/C10H13.C6H5.Y/c1-3-9-7-5-6-8-10(9)4-2;1-2-4-6-5-3-1;/h5,7-8H,3-4H2,1-2H3;1-5H;/q2*-1;. The predicted molar refractivity (Wildman–Crippen MR) is 69.3 cm³/mol. The number of benzene rings is 2. The summed E-state index contributed by atoms with van der Waals surface area (Å²) in [7, 11) is 0. The molecule has 0 aliphatic carbocycles. The molecule has 0 atom stereocenters. The summed E-state index contributed by atoms with van der Waals surface area (Å²) in [6.07, 6.45) is 2.26. The van der Waals surface area contributed by atoms with E-state index in [9.17, 15) is 0 Å². The van der Waals surface area contributed by atoms with Gasteiger partial charge in [0.15, 0.2) is 0 Å². The van der Waals surface area contributed by atoms with Crippen molar-refractivity contribution in [1.82, 2.24) is 0 Å². The molecular weight excluding hydrogens is 281 g/mol. The van der Waals surface area contributed by atoms with Gasteiger partial charge >= 0.3 is 0 Å². The molecule has 1 radical (unpaired) electrons. The Morgan fingerprint density at radius 3 is 1.82 bits per heavy atom. The fraction of sp³-hybridized carbons (Fsp3) is 0.250. The number of hydrogen-bond acceptors (Lipinski definition) is 0. The minimum Gasteiger partial charge on any atom is -0.184 e. The van der Waals surface area contributed by atoms with Crippen molar-refractivity contribution in [1.29, 1.82) is 0 Å². The molecule has 0 aromatic heterocycles. The molecule has 0 aliphatic rings. The van der Waals surface area contributed by atoms with Crippen LogP contribution in [0.25, 0.3) is 0 Å². The van der Waals surface area contributed by atoms with E-state index in [4.69, 9.17) is 0 Å². The third kappa shape index (κ3) is 6.76. The maximum Gasteiger partial charge on any atom is 0 e. The molecule has 0 saturated heterocycles. The van der Waals surface area contributed by atoms with Gasteiger partial charge in [0.05, 0.1) is 0 Å². The number of aryl methyl sites for hydroxylation is 2. The zero-order valence-electron chi connectivity index (χ0n) is 10.6. The van der Waals surface area contributed by atoms with Crippen molar-refractivity contribution in [3.8, 4) is 0 Å². The second kappa shape index (κ2) is 10.7. The van der Waals surface area contributed by atoms with E-state index in [1.165, 1.54) is 11.1 Å². The van der Waals surface area contributed by atoms with Crippen LogP contribution in [0.3, 0.4) is 0 Å². The topological polar surface area (TPSA) is 0 Å². The molecule has 0 saturated carbocycles. The van der Waals surface area contributed by atoms with Gasteiger partial charge in [0.1, 0.15) is 0 Å². The van der Waals surface area contributed by atoms with Crippen molar-refractivity contribution in [2.75, 3.05) is 0 Å². The van der Waals surface area contributed by atoms with Gasteiger partial charge in [0.2, 0.25) is 0 Å². The average Bonchev–Trinajstić information content (AvgIpc) is 2.41. The molecule has 1 heteroatoms. The zero-order valence-corrected chi connectivity index (χ0v) is 13.4. The van der Waals surface area contributed by atoms with Crippen LogP contribution in [-0.4, -0.2) is 0 Å². The van der Waals surface area contributed by atoms with Gasteiger partial charge in [-0.2, -0.15) is 71.8 Å². The van der Waals surface area contributed by atoms with E-state index >= 15 is 0 Å². The van der Waals surface area contributed by atoms with Crippen LogP contribution in [0.1, 0.15) is 25.0 Å². The summed E-state index contributed by atoms with van der Waals surface area (Å²) >= 11 is 0. The van der Waals surface area contributed by atoms with Crippen LogP contribution in [0.5, 0.6) is 0 Å². The third-order valence-electron chi connectivity index (χ3n) is 2.42. The van der Waals surface area contributed by atoms with Crippen LogP contribution in [0.2, 0.25) is 0 Å². The summed E-state index contributed by atoms with van der Waals surface area (Å²) in [5.74, 6) is 0. The van der Waals surface area contributed by atoms with Crippen LogP contribution in [0.4, 0.5) is 0 Å². The van der Waals surface area contributed by atoms with E-state index in [-0.39, 0.29) is 32.7 Å². The smallest absolute Gasteiger partial charge is 0 e. The Balaban J connectivity index is 0.000000316. The Bertz CT molecular complexity index is 332. The minimum atomic E-state index is 0. The van der Waals surface area contributed by atoms with E-state index < -0.39 is 0 Å². The largest absolute Gasteiger partial charge is 0.184 e. The predicted octanol–water partition coefficient (Wildman–Crippen LogP) is 4.10. The molecule has 0 heterocycles. The molecule has 0 N–H and O–H groups in total. The van der Waals surface area contributed by atoms with Gasteiger partial charge in [-0.15, -0.1) is 0 Å². The molecule has 0 aliphatic heterocycles. The van der Waals surface area contributed by atoms with Crippen molar-refractivity contribution in [2.45, 2.75) is 26.7 Å². The van der Waals surface area contributed by atoms with Crippen molar-refractivity contribution in [2.24, 2.45) is 0 Å². The van der Waals surface area contributed by atoms with Crippen molar-refractivity contribution in [3.63, 3.8) is 0 Å². The summed E-state index contributed by atoms with van der Waals surface area (Å²) in [5.41, 5.74) is 2.89. The summed E-state index contributed by atoms with van der Waals surface area (Å²) in [6, 6.07) is 21.8. The van der Waals surface area contributed by atoms with Gasteiger partial charge in [-0.25, -0.2) is 0 Å². The average molecular weight is 299 g/mol. The van der Waals surface area contributed by atoms with E-state index in [1.54, 1.807) is 0 Å². The molecular formula is C16H18Y-2. The normalized spacial score (nSPS) is 8.59. The Kier molecular flexibility index (Phi) is 10.4. The fourth-order valence-electron chi connectivity index (χ4n) is 1.51. The molecule has 2 aromatic rings. The van der Waals surface area contributed by atoms with Gasteiger partial charge in [-0.05, 0) is 0 Å². The zero-order chi connectivity index (χ0) is 11.6. The van der Waals surface area contributed by atoms with Crippen LogP contribution in [0, 0.1) is 12.1 Å². The van der Waals surface area contributed by atoms with Crippen molar-refractivity contribution < 1.29 is 32.7 Å². The van der Waals surface area contributed by atoms with E-state index in [1.807, 2.05) is 36.4 Å². The maximum absolute atomic E-state index is 3.09. The molecule has 87 valence electrons. The molecule has 0 fully saturated rings. The van der Waals surface area contributed by atoms with E-state index in [0.29, 0.717) is 0 Å². The van der Waals surface area contributed by atoms with Crippen molar-refractivity contribution >= 4 is 0 Å². The molecule has 0 unspecified atom stereocenters. The Labute approximate surface area is 130 Å². The first-order valence-electron chi connectivity index (χ1n) is 5.77. The second-order valence-corrected chi connectivity index (χ2v) is 3.48. The van der Waals surface area contributed by atoms with Gasteiger partial charge in [0.25, 0.3) is 0 Å². The Hall–Kier alpha value is -0.456. The van der Waals surface area contributed by atoms with E-state index in [0.717, 1.165) is 12.8 Å². The number of hydrogen-bond donors (Lipinski definition) is 0. The van der Waals surface area contributed by atoms with Crippen LogP contribution < -0.4 is 0 Å². The maximum atomic E-state index is 3.09. The van der Waals surface area contributed by atoms with Gasteiger partial charge in [-0.3, -0.25) is 0 Å².